The summed E-state index contributed by atoms with van der Waals surface area (Å²) in [4.78, 5) is 0. The zero-order valence-electron chi connectivity index (χ0n) is 14.0. The third-order valence-corrected chi connectivity index (χ3v) is 5.04. The Morgan fingerprint density at radius 3 is 2.18 bits per heavy atom. The molecule has 0 spiro atoms. The maximum atomic E-state index is 9.68. The summed E-state index contributed by atoms with van der Waals surface area (Å²) in [5.41, 5.74) is 0.885. The number of hydrogen-bond acceptors (Lipinski definition) is 1. The first-order chi connectivity index (χ1) is 10.6. The van der Waals surface area contributed by atoms with Crippen molar-refractivity contribution in [1.29, 1.82) is 0 Å². The van der Waals surface area contributed by atoms with Gasteiger partial charge in [-0.2, -0.15) is 0 Å². The molecule has 0 heterocycles. The topological polar surface area (TPSA) is 20.2 Å². The highest BCUT2D eigenvalue weighted by Gasteiger charge is 2.13. The molecule has 126 valence electrons. The highest BCUT2D eigenvalue weighted by atomic mass is 35.5. The molecule has 0 aliphatic heterocycles. The van der Waals surface area contributed by atoms with Gasteiger partial charge in [0.2, 0.25) is 0 Å². The Labute approximate surface area is 146 Å². The van der Waals surface area contributed by atoms with Gasteiger partial charge in [-0.1, -0.05) is 94.8 Å². The van der Waals surface area contributed by atoms with E-state index in [-0.39, 0.29) is 5.75 Å². The van der Waals surface area contributed by atoms with Crippen molar-refractivity contribution in [3.05, 3.63) is 27.7 Å². The van der Waals surface area contributed by atoms with Gasteiger partial charge in [0.25, 0.3) is 0 Å². The standard InChI is InChI=1S/C19H30Cl2O/c1-3-4-5-6-7-8-9-10-11-15(2)14-16-17(20)12-13-18(22)19(16)21/h12-13,15,22H,3-11,14H2,1-2H3. The monoisotopic (exact) mass is 344 g/mol. The summed E-state index contributed by atoms with van der Waals surface area (Å²) in [5, 5.41) is 10.8. The van der Waals surface area contributed by atoms with Crippen molar-refractivity contribution in [2.75, 3.05) is 0 Å². The van der Waals surface area contributed by atoms with Crippen LogP contribution in [-0.4, -0.2) is 5.11 Å². The van der Waals surface area contributed by atoms with E-state index in [9.17, 15) is 5.11 Å². The van der Waals surface area contributed by atoms with Gasteiger partial charge in [-0.3, -0.25) is 0 Å². The molecule has 1 unspecified atom stereocenters. The van der Waals surface area contributed by atoms with Crippen LogP contribution in [0, 0.1) is 5.92 Å². The molecule has 0 aliphatic rings. The number of phenolic OH excluding ortho intramolecular Hbond substituents is 1. The first kappa shape index (κ1) is 19.6. The van der Waals surface area contributed by atoms with Gasteiger partial charge >= 0.3 is 0 Å². The van der Waals surface area contributed by atoms with Crippen molar-refractivity contribution in [3.63, 3.8) is 0 Å². The van der Waals surface area contributed by atoms with Crippen molar-refractivity contribution < 1.29 is 5.11 Å². The van der Waals surface area contributed by atoms with Crippen LogP contribution in [0.5, 0.6) is 5.75 Å². The molecule has 1 rings (SSSR count). The van der Waals surface area contributed by atoms with Gasteiger partial charge in [0.05, 0.1) is 5.02 Å². The first-order valence-electron chi connectivity index (χ1n) is 8.72. The molecular weight excluding hydrogens is 315 g/mol. The SMILES string of the molecule is CCCCCCCCCCC(C)Cc1c(Cl)ccc(O)c1Cl. The molecular formula is C19H30Cl2O. The predicted molar refractivity (Wildman–Crippen MR) is 98.2 cm³/mol. The maximum Gasteiger partial charge on any atom is 0.134 e. The highest BCUT2D eigenvalue weighted by Crippen LogP contribution is 2.34. The molecule has 0 bridgehead atoms. The normalized spacial score (nSPS) is 12.5. The fourth-order valence-corrected chi connectivity index (χ4v) is 3.37. The molecule has 1 nitrogen and oxygen atoms in total. The molecule has 22 heavy (non-hydrogen) atoms. The number of phenols is 1. The van der Waals surface area contributed by atoms with E-state index in [1.807, 2.05) is 0 Å². The molecule has 1 atom stereocenters. The molecule has 0 saturated carbocycles. The smallest absolute Gasteiger partial charge is 0.134 e. The van der Waals surface area contributed by atoms with Crippen molar-refractivity contribution >= 4 is 23.2 Å². The van der Waals surface area contributed by atoms with Gasteiger partial charge in [-0.25, -0.2) is 0 Å². The van der Waals surface area contributed by atoms with Crippen molar-refractivity contribution in [3.8, 4) is 5.75 Å². The molecule has 0 saturated heterocycles. The number of benzene rings is 1. The zero-order chi connectivity index (χ0) is 16.4. The van der Waals surface area contributed by atoms with Crippen LogP contribution in [-0.2, 0) is 6.42 Å². The van der Waals surface area contributed by atoms with Crippen molar-refractivity contribution in [2.24, 2.45) is 5.92 Å². The van der Waals surface area contributed by atoms with Crippen molar-refractivity contribution in [1.82, 2.24) is 0 Å². The fourth-order valence-electron chi connectivity index (χ4n) is 2.85. The summed E-state index contributed by atoms with van der Waals surface area (Å²) < 4.78 is 0. The molecule has 3 heteroatoms. The van der Waals surface area contributed by atoms with Crippen LogP contribution in [0.4, 0.5) is 0 Å². The van der Waals surface area contributed by atoms with Crippen LogP contribution in [0.2, 0.25) is 10.0 Å². The van der Waals surface area contributed by atoms with E-state index in [2.05, 4.69) is 13.8 Å². The Hall–Kier alpha value is -0.400. The lowest BCUT2D eigenvalue weighted by atomic mass is 9.95. The third kappa shape index (κ3) is 7.24. The Bertz CT molecular complexity index is 432. The van der Waals surface area contributed by atoms with Crippen LogP contribution in [0.25, 0.3) is 0 Å². The summed E-state index contributed by atoms with van der Waals surface area (Å²) >= 11 is 12.3. The van der Waals surface area contributed by atoms with E-state index >= 15 is 0 Å². The summed E-state index contributed by atoms with van der Waals surface area (Å²) in [6, 6.07) is 3.28. The molecule has 0 amide bonds. The first-order valence-corrected chi connectivity index (χ1v) is 9.47. The van der Waals surface area contributed by atoms with E-state index in [0.717, 1.165) is 12.0 Å². The van der Waals surface area contributed by atoms with Crippen molar-refractivity contribution in [2.45, 2.75) is 78.1 Å². The van der Waals surface area contributed by atoms with Crippen LogP contribution in [0.1, 0.15) is 77.2 Å². The Morgan fingerprint density at radius 1 is 0.955 bits per heavy atom. The summed E-state index contributed by atoms with van der Waals surface area (Å²) in [6.07, 6.45) is 12.8. The second-order valence-corrected chi connectivity index (χ2v) is 7.22. The molecule has 0 aromatic heterocycles. The summed E-state index contributed by atoms with van der Waals surface area (Å²) in [6.45, 7) is 4.49. The third-order valence-electron chi connectivity index (χ3n) is 4.27. The van der Waals surface area contributed by atoms with E-state index in [1.165, 1.54) is 57.8 Å². The molecule has 0 radical (unpaired) electrons. The van der Waals surface area contributed by atoms with Gasteiger partial charge in [0, 0.05) is 5.02 Å². The predicted octanol–water partition coefficient (Wildman–Crippen LogP) is 7.41. The molecule has 1 aromatic carbocycles. The van der Waals surface area contributed by atoms with E-state index in [1.54, 1.807) is 12.1 Å². The van der Waals surface area contributed by atoms with Gasteiger partial charge in [-0.15, -0.1) is 0 Å². The number of rotatable bonds is 11. The quantitative estimate of drug-likeness (QED) is 0.414. The zero-order valence-corrected chi connectivity index (χ0v) is 15.5. The fraction of sp³-hybridized carbons (Fsp3) is 0.684. The lowest BCUT2D eigenvalue weighted by Crippen LogP contribution is -2.01. The second kappa shape index (κ2) is 11.2. The van der Waals surface area contributed by atoms with E-state index in [4.69, 9.17) is 23.2 Å². The molecule has 0 fully saturated rings. The lowest BCUT2D eigenvalue weighted by molar-refractivity contribution is 0.467. The highest BCUT2D eigenvalue weighted by molar-refractivity contribution is 6.36. The minimum absolute atomic E-state index is 0.125. The number of hydrogen-bond donors (Lipinski definition) is 1. The minimum atomic E-state index is 0.125. The summed E-state index contributed by atoms with van der Waals surface area (Å²) in [5.74, 6) is 0.664. The van der Waals surface area contributed by atoms with Crippen LogP contribution >= 0.6 is 23.2 Å². The molecule has 1 aromatic rings. The largest absolute Gasteiger partial charge is 0.506 e. The molecule has 1 N–H and O–H groups in total. The van der Waals surface area contributed by atoms with Crippen LogP contribution in [0.15, 0.2) is 12.1 Å². The lowest BCUT2D eigenvalue weighted by Gasteiger charge is -2.14. The van der Waals surface area contributed by atoms with Gasteiger partial charge < -0.3 is 5.11 Å². The second-order valence-electron chi connectivity index (χ2n) is 6.43. The number of halogens is 2. The average molecular weight is 345 g/mol. The Kier molecular flexibility index (Phi) is 9.99. The Balaban J connectivity index is 2.21. The van der Waals surface area contributed by atoms with Gasteiger partial charge in [0.1, 0.15) is 5.75 Å². The molecule has 0 aliphatic carbocycles. The van der Waals surface area contributed by atoms with Crippen LogP contribution < -0.4 is 0 Å². The number of aromatic hydroxyl groups is 1. The summed E-state index contributed by atoms with van der Waals surface area (Å²) in [7, 11) is 0. The maximum absolute atomic E-state index is 9.68. The number of unbranched alkanes of at least 4 members (excludes halogenated alkanes) is 7. The minimum Gasteiger partial charge on any atom is -0.506 e. The van der Waals surface area contributed by atoms with E-state index in [0.29, 0.717) is 16.0 Å². The average Bonchev–Trinajstić information content (AvgIpc) is 2.50. The van der Waals surface area contributed by atoms with Crippen LogP contribution in [0.3, 0.4) is 0 Å². The van der Waals surface area contributed by atoms with E-state index < -0.39 is 0 Å². The van der Waals surface area contributed by atoms with Gasteiger partial charge in [0.15, 0.2) is 0 Å². The van der Waals surface area contributed by atoms with Gasteiger partial charge in [-0.05, 0) is 30.0 Å². The Morgan fingerprint density at radius 2 is 1.55 bits per heavy atom.